The topological polar surface area (TPSA) is 72.6 Å². The summed E-state index contributed by atoms with van der Waals surface area (Å²) in [6.07, 6.45) is 1.20. The van der Waals surface area contributed by atoms with Crippen molar-refractivity contribution in [3.63, 3.8) is 0 Å². The van der Waals surface area contributed by atoms with E-state index in [0.29, 0.717) is 42.6 Å². The van der Waals surface area contributed by atoms with Crippen molar-refractivity contribution in [2.45, 2.75) is 4.90 Å². The van der Waals surface area contributed by atoms with Crippen molar-refractivity contribution in [1.29, 1.82) is 0 Å². The van der Waals surface area contributed by atoms with Crippen molar-refractivity contribution < 1.29 is 13.2 Å². The maximum absolute atomic E-state index is 11.7. The molecule has 0 atom stereocenters. The molecule has 1 aromatic carbocycles. The van der Waals surface area contributed by atoms with E-state index in [1.807, 2.05) is 4.90 Å². The predicted molar refractivity (Wildman–Crippen MR) is 67.0 cm³/mol. The summed E-state index contributed by atoms with van der Waals surface area (Å²) in [6, 6.07) is 5.00. The lowest BCUT2D eigenvalue weighted by molar-refractivity contribution is 0.122. The summed E-state index contributed by atoms with van der Waals surface area (Å²) >= 11 is 0. The fourth-order valence-corrected chi connectivity index (χ4v) is 2.82. The molecule has 0 aliphatic carbocycles. The molecule has 2 rings (SSSR count). The van der Waals surface area contributed by atoms with Crippen molar-refractivity contribution in [3.8, 4) is 0 Å². The number of nitrogens with two attached hydrogens (primary N) is 1. The van der Waals surface area contributed by atoms with Crippen LogP contribution in [0.3, 0.4) is 0 Å². The fraction of sp³-hybridized carbons (Fsp3) is 0.455. The maximum Gasteiger partial charge on any atom is 0.177 e. The molecule has 94 valence electrons. The molecule has 0 saturated carbocycles. The van der Waals surface area contributed by atoms with E-state index in [-0.39, 0.29) is 0 Å². The van der Waals surface area contributed by atoms with Gasteiger partial charge in [0.25, 0.3) is 0 Å². The van der Waals surface area contributed by atoms with Crippen LogP contribution in [0.5, 0.6) is 0 Å². The van der Waals surface area contributed by atoms with Gasteiger partial charge in [-0.05, 0) is 18.2 Å². The summed E-state index contributed by atoms with van der Waals surface area (Å²) in [5.41, 5.74) is 6.82. The van der Waals surface area contributed by atoms with Gasteiger partial charge in [-0.3, -0.25) is 0 Å². The minimum Gasteiger partial charge on any atom is -0.399 e. The van der Waals surface area contributed by atoms with Gasteiger partial charge in [-0.1, -0.05) is 0 Å². The number of benzene rings is 1. The van der Waals surface area contributed by atoms with Crippen LogP contribution >= 0.6 is 0 Å². The number of hydrogen-bond acceptors (Lipinski definition) is 5. The van der Waals surface area contributed by atoms with E-state index < -0.39 is 9.84 Å². The first-order valence-corrected chi connectivity index (χ1v) is 7.30. The molecule has 1 aliphatic rings. The molecule has 1 saturated heterocycles. The van der Waals surface area contributed by atoms with Gasteiger partial charge < -0.3 is 15.4 Å². The van der Waals surface area contributed by atoms with Gasteiger partial charge in [0, 0.05) is 25.0 Å². The van der Waals surface area contributed by atoms with Crippen LogP contribution < -0.4 is 10.6 Å². The van der Waals surface area contributed by atoms with Gasteiger partial charge in [0.05, 0.1) is 23.8 Å². The summed E-state index contributed by atoms with van der Waals surface area (Å²) in [6.45, 7) is 2.64. The van der Waals surface area contributed by atoms with Crippen molar-refractivity contribution in [3.05, 3.63) is 18.2 Å². The zero-order valence-corrected chi connectivity index (χ0v) is 10.5. The highest BCUT2D eigenvalue weighted by molar-refractivity contribution is 7.90. The summed E-state index contributed by atoms with van der Waals surface area (Å²) in [7, 11) is -3.27. The summed E-state index contributed by atoms with van der Waals surface area (Å²) in [4.78, 5) is 2.30. The van der Waals surface area contributed by atoms with Crippen LogP contribution in [0.15, 0.2) is 23.1 Å². The Morgan fingerprint density at radius 2 is 1.94 bits per heavy atom. The summed E-state index contributed by atoms with van der Waals surface area (Å²) in [5, 5.41) is 0. The minimum absolute atomic E-state index is 0.291. The highest BCUT2D eigenvalue weighted by atomic mass is 32.2. The summed E-state index contributed by atoms with van der Waals surface area (Å²) in [5.74, 6) is 0. The van der Waals surface area contributed by atoms with Gasteiger partial charge >= 0.3 is 0 Å². The van der Waals surface area contributed by atoms with Crippen LogP contribution in [0.2, 0.25) is 0 Å². The Morgan fingerprint density at radius 1 is 1.29 bits per heavy atom. The molecule has 0 aromatic heterocycles. The smallest absolute Gasteiger partial charge is 0.177 e. The molecule has 1 heterocycles. The van der Waals surface area contributed by atoms with E-state index in [4.69, 9.17) is 10.5 Å². The third-order valence-corrected chi connectivity index (χ3v) is 3.86. The number of anilines is 2. The number of morpholine rings is 1. The van der Waals surface area contributed by atoms with Gasteiger partial charge in [0.15, 0.2) is 9.84 Å². The van der Waals surface area contributed by atoms with Crippen LogP contribution in [-0.2, 0) is 14.6 Å². The second-order valence-electron chi connectivity index (χ2n) is 4.10. The number of sulfone groups is 1. The van der Waals surface area contributed by atoms with Gasteiger partial charge in [-0.2, -0.15) is 0 Å². The van der Waals surface area contributed by atoms with Crippen LogP contribution in [0.1, 0.15) is 0 Å². The van der Waals surface area contributed by atoms with E-state index in [2.05, 4.69) is 0 Å². The second-order valence-corrected chi connectivity index (χ2v) is 6.08. The SMILES string of the molecule is CS(=O)(=O)c1cc(N)ccc1N1CCOCC1. The zero-order chi connectivity index (χ0) is 12.5. The Bertz CT molecular complexity index is 507. The molecule has 17 heavy (non-hydrogen) atoms. The molecule has 2 N–H and O–H groups in total. The maximum atomic E-state index is 11.7. The number of nitrogens with zero attached hydrogens (tertiary/aromatic N) is 1. The predicted octanol–water partition coefficient (Wildman–Crippen LogP) is 0.509. The standard InChI is InChI=1S/C11H16N2O3S/c1-17(14,15)11-8-9(12)2-3-10(11)13-4-6-16-7-5-13/h2-3,8H,4-7,12H2,1H3. The molecule has 6 heteroatoms. The lowest BCUT2D eigenvalue weighted by Crippen LogP contribution is -2.37. The molecule has 0 amide bonds. The van der Waals surface area contributed by atoms with Crippen molar-refractivity contribution >= 4 is 21.2 Å². The minimum atomic E-state index is -3.27. The first-order valence-electron chi connectivity index (χ1n) is 5.41. The van der Waals surface area contributed by atoms with Crippen molar-refractivity contribution in [2.75, 3.05) is 43.2 Å². The Morgan fingerprint density at radius 3 is 2.53 bits per heavy atom. The third-order valence-electron chi connectivity index (χ3n) is 2.74. The molecule has 0 spiro atoms. The molecular weight excluding hydrogens is 240 g/mol. The van der Waals surface area contributed by atoms with Crippen molar-refractivity contribution in [1.82, 2.24) is 0 Å². The Kier molecular flexibility index (Phi) is 3.26. The van der Waals surface area contributed by atoms with E-state index in [1.165, 1.54) is 12.3 Å². The first-order chi connectivity index (χ1) is 7.98. The molecule has 5 nitrogen and oxygen atoms in total. The van der Waals surface area contributed by atoms with E-state index in [9.17, 15) is 8.42 Å². The van der Waals surface area contributed by atoms with Gasteiger partial charge in [-0.25, -0.2) is 8.42 Å². The Labute approximate surface area is 101 Å². The number of ether oxygens (including phenoxy) is 1. The lowest BCUT2D eigenvalue weighted by Gasteiger charge is -2.30. The largest absolute Gasteiger partial charge is 0.399 e. The van der Waals surface area contributed by atoms with Crippen molar-refractivity contribution in [2.24, 2.45) is 0 Å². The molecule has 0 bridgehead atoms. The van der Waals surface area contributed by atoms with Crippen LogP contribution in [0.4, 0.5) is 11.4 Å². The molecule has 1 fully saturated rings. The average molecular weight is 256 g/mol. The highest BCUT2D eigenvalue weighted by Gasteiger charge is 2.20. The number of nitrogen functional groups attached to an aromatic ring is 1. The highest BCUT2D eigenvalue weighted by Crippen LogP contribution is 2.27. The Balaban J connectivity index is 2.45. The van der Waals surface area contributed by atoms with E-state index in [0.717, 1.165) is 0 Å². The third kappa shape index (κ3) is 2.70. The lowest BCUT2D eigenvalue weighted by atomic mass is 10.2. The molecule has 1 aromatic rings. The normalized spacial score (nSPS) is 17.1. The molecule has 0 unspecified atom stereocenters. The second kappa shape index (κ2) is 4.54. The number of hydrogen-bond donors (Lipinski definition) is 1. The van der Waals surface area contributed by atoms with Gasteiger partial charge in [-0.15, -0.1) is 0 Å². The van der Waals surface area contributed by atoms with Gasteiger partial charge in [0.1, 0.15) is 0 Å². The van der Waals surface area contributed by atoms with Gasteiger partial charge in [0.2, 0.25) is 0 Å². The quantitative estimate of drug-likeness (QED) is 0.780. The first kappa shape index (κ1) is 12.2. The van der Waals surface area contributed by atoms with Crippen LogP contribution in [-0.4, -0.2) is 41.0 Å². The molecular formula is C11H16N2O3S. The van der Waals surface area contributed by atoms with E-state index >= 15 is 0 Å². The van der Waals surface area contributed by atoms with Crippen LogP contribution in [0.25, 0.3) is 0 Å². The van der Waals surface area contributed by atoms with Crippen LogP contribution in [0, 0.1) is 0 Å². The average Bonchev–Trinajstić information content (AvgIpc) is 2.29. The zero-order valence-electron chi connectivity index (χ0n) is 9.72. The molecule has 1 aliphatic heterocycles. The molecule has 0 radical (unpaired) electrons. The summed E-state index contributed by atoms with van der Waals surface area (Å²) < 4.78 is 28.7. The van der Waals surface area contributed by atoms with E-state index in [1.54, 1.807) is 12.1 Å². The number of rotatable bonds is 2. The fourth-order valence-electron chi connectivity index (χ4n) is 1.89. The Hall–Kier alpha value is -1.27. The monoisotopic (exact) mass is 256 g/mol.